The highest BCUT2D eigenvalue weighted by Gasteiger charge is 2.04. The zero-order valence-corrected chi connectivity index (χ0v) is 12.7. The van der Waals surface area contributed by atoms with E-state index in [-0.39, 0.29) is 5.91 Å². The summed E-state index contributed by atoms with van der Waals surface area (Å²) in [4.78, 5) is 11.9. The van der Waals surface area contributed by atoms with Crippen LogP contribution in [0.25, 0.3) is 0 Å². The van der Waals surface area contributed by atoms with E-state index in [9.17, 15) is 4.79 Å². The van der Waals surface area contributed by atoms with Crippen molar-refractivity contribution in [2.45, 2.75) is 34.2 Å². The van der Waals surface area contributed by atoms with E-state index in [1.165, 1.54) is 5.56 Å². The summed E-state index contributed by atoms with van der Waals surface area (Å²) in [6, 6.07) is 15.8. The fraction of sp³-hybridized carbons (Fsp3) is 0.278. The van der Waals surface area contributed by atoms with E-state index in [4.69, 9.17) is 0 Å². The minimum absolute atomic E-state index is 0.0284. The Balaban J connectivity index is 0.000000956. The summed E-state index contributed by atoms with van der Waals surface area (Å²) in [6.45, 7) is 8.60. The van der Waals surface area contributed by atoms with Crippen molar-refractivity contribution in [2.24, 2.45) is 0 Å². The van der Waals surface area contributed by atoms with E-state index in [0.29, 0.717) is 12.1 Å². The Morgan fingerprint density at radius 3 is 2.20 bits per heavy atom. The average Bonchev–Trinajstić information content (AvgIpc) is 2.48. The molecule has 0 unspecified atom stereocenters. The van der Waals surface area contributed by atoms with Gasteiger partial charge in [-0.3, -0.25) is 4.79 Å². The first-order valence-corrected chi connectivity index (χ1v) is 7.05. The predicted octanol–water partition coefficient (Wildman–Crippen LogP) is 4.26. The summed E-state index contributed by atoms with van der Waals surface area (Å²) in [5, 5.41) is 2.92. The first-order chi connectivity index (χ1) is 9.65. The number of rotatable bonds is 3. The van der Waals surface area contributed by atoms with Gasteiger partial charge in [0.15, 0.2) is 0 Å². The summed E-state index contributed by atoms with van der Waals surface area (Å²) in [7, 11) is 0. The van der Waals surface area contributed by atoms with Crippen molar-refractivity contribution in [1.82, 2.24) is 5.32 Å². The lowest BCUT2D eigenvalue weighted by molar-refractivity contribution is 0.0951. The van der Waals surface area contributed by atoms with E-state index in [0.717, 1.165) is 11.1 Å². The quantitative estimate of drug-likeness (QED) is 0.886. The van der Waals surface area contributed by atoms with Gasteiger partial charge >= 0.3 is 0 Å². The van der Waals surface area contributed by atoms with Crippen molar-refractivity contribution in [2.75, 3.05) is 0 Å². The summed E-state index contributed by atoms with van der Waals surface area (Å²) >= 11 is 0. The maximum atomic E-state index is 11.9. The zero-order valence-electron chi connectivity index (χ0n) is 12.7. The van der Waals surface area contributed by atoms with Crippen LogP contribution in [0.4, 0.5) is 0 Å². The number of hydrogen-bond acceptors (Lipinski definition) is 1. The van der Waals surface area contributed by atoms with Gasteiger partial charge in [-0.05, 0) is 31.5 Å². The molecule has 1 amide bonds. The van der Waals surface area contributed by atoms with Crippen molar-refractivity contribution in [3.63, 3.8) is 0 Å². The van der Waals surface area contributed by atoms with Gasteiger partial charge in [0.1, 0.15) is 0 Å². The second-order valence-corrected chi connectivity index (χ2v) is 4.54. The molecule has 0 bridgehead atoms. The molecular formula is C18H23NO. The van der Waals surface area contributed by atoms with Crippen LogP contribution in [0.5, 0.6) is 0 Å². The number of amides is 1. The van der Waals surface area contributed by atoms with Gasteiger partial charge in [0.2, 0.25) is 0 Å². The standard InChI is InChI=1S/C16H17NO.C2H6/c1-12-6-8-14(9-7-12)11-17-16(18)15-5-3-4-13(2)10-15;1-2/h3-10H,11H2,1-2H3,(H,17,18);1-2H3. The summed E-state index contributed by atoms with van der Waals surface area (Å²) in [6.07, 6.45) is 0. The van der Waals surface area contributed by atoms with Gasteiger partial charge < -0.3 is 5.32 Å². The molecule has 106 valence electrons. The van der Waals surface area contributed by atoms with Gasteiger partial charge in [-0.25, -0.2) is 0 Å². The molecule has 0 aliphatic carbocycles. The number of carbonyl (C=O) groups is 1. The summed E-state index contributed by atoms with van der Waals surface area (Å²) in [5.74, 6) is -0.0284. The third-order valence-corrected chi connectivity index (χ3v) is 2.85. The highest BCUT2D eigenvalue weighted by molar-refractivity contribution is 5.94. The molecule has 2 aromatic rings. The SMILES string of the molecule is CC.Cc1ccc(CNC(=O)c2cccc(C)c2)cc1. The largest absolute Gasteiger partial charge is 0.348 e. The van der Waals surface area contributed by atoms with Crippen molar-refractivity contribution in [3.05, 3.63) is 70.8 Å². The molecule has 2 heteroatoms. The van der Waals surface area contributed by atoms with E-state index >= 15 is 0 Å². The van der Waals surface area contributed by atoms with Crippen molar-refractivity contribution in [3.8, 4) is 0 Å². The number of benzene rings is 2. The van der Waals surface area contributed by atoms with Crippen molar-refractivity contribution < 1.29 is 4.79 Å². The maximum Gasteiger partial charge on any atom is 0.251 e. The smallest absolute Gasteiger partial charge is 0.251 e. The van der Waals surface area contributed by atoms with Crippen LogP contribution in [0.3, 0.4) is 0 Å². The molecule has 0 radical (unpaired) electrons. The van der Waals surface area contributed by atoms with Crippen LogP contribution in [-0.2, 0) is 6.54 Å². The predicted molar refractivity (Wildman–Crippen MR) is 84.9 cm³/mol. The van der Waals surface area contributed by atoms with E-state index in [1.807, 2.05) is 69.3 Å². The van der Waals surface area contributed by atoms with Crippen LogP contribution in [-0.4, -0.2) is 5.91 Å². The molecule has 0 atom stereocenters. The molecule has 0 aromatic heterocycles. The molecule has 2 nitrogen and oxygen atoms in total. The molecule has 0 saturated carbocycles. The van der Waals surface area contributed by atoms with Gasteiger partial charge in [-0.1, -0.05) is 61.4 Å². The highest BCUT2D eigenvalue weighted by Crippen LogP contribution is 2.05. The molecule has 0 aliphatic rings. The maximum absolute atomic E-state index is 11.9. The van der Waals surface area contributed by atoms with Crippen molar-refractivity contribution in [1.29, 1.82) is 0 Å². The fourth-order valence-electron chi connectivity index (χ4n) is 1.78. The van der Waals surface area contributed by atoms with Crippen LogP contribution < -0.4 is 5.32 Å². The Morgan fingerprint density at radius 1 is 0.950 bits per heavy atom. The lowest BCUT2D eigenvalue weighted by Crippen LogP contribution is -2.22. The molecular weight excluding hydrogens is 246 g/mol. The molecule has 2 rings (SSSR count). The summed E-state index contributed by atoms with van der Waals surface area (Å²) < 4.78 is 0. The van der Waals surface area contributed by atoms with Crippen molar-refractivity contribution >= 4 is 5.91 Å². The van der Waals surface area contributed by atoms with Crippen LogP contribution in [0.1, 0.15) is 40.9 Å². The molecule has 1 N–H and O–H groups in total. The van der Waals surface area contributed by atoms with Crippen LogP contribution in [0.15, 0.2) is 48.5 Å². The Morgan fingerprint density at radius 2 is 1.60 bits per heavy atom. The Bertz CT molecular complexity index is 544. The molecule has 0 fully saturated rings. The van der Waals surface area contributed by atoms with Gasteiger partial charge in [0.05, 0.1) is 0 Å². The van der Waals surface area contributed by atoms with Crippen LogP contribution in [0.2, 0.25) is 0 Å². The number of nitrogens with one attached hydrogen (secondary N) is 1. The van der Waals surface area contributed by atoms with E-state index in [2.05, 4.69) is 12.2 Å². The van der Waals surface area contributed by atoms with Crippen LogP contribution in [0, 0.1) is 13.8 Å². The molecule has 0 spiro atoms. The second kappa shape index (κ2) is 8.16. The third-order valence-electron chi connectivity index (χ3n) is 2.85. The fourth-order valence-corrected chi connectivity index (χ4v) is 1.78. The normalized spacial score (nSPS) is 9.40. The Hall–Kier alpha value is -2.09. The average molecular weight is 269 g/mol. The molecule has 0 heterocycles. The minimum Gasteiger partial charge on any atom is -0.348 e. The van der Waals surface area contributed by atoms with Gasteiger partial charge in [-0.2, -0.15) is 0 Å². The highest BCUT2D eigenvalue weighted by atomic mass is 16.1. The van der Waals surface area contributed by atoms with Gasteiger partial charge in [0.25, 0.3) is 5.91 Å². The number of aryl methyl sites for hydroxylation is 2. The number of hydrogen-bond donors (Lipinski definition) is 1. The monoisotopic (exact) mass is 269 g/mol. The van der Waals surface area contributed by atoms with E-state index in [1.54, 1.807) is 0 Å². The topological polar surface area (TPSA) is 29.1 Å². The lowest BCUT2D eigenvalue weighted by Gasteiger charge is -2.06. The van der Waals surface area contributed by atoms with Gasteiger partial charge in [-0.15, -0.1) is 0 Å². The molecule has 20 heavy (non-hydrogen) atoms. The molecule has 2 aromatic carbocycles. The Kier molecular flexibility index (Phi) is 6.51. The third kappa shape index (κ3) is 4.88. The molecule has 0 aliphatic heterocycles. The Labute approximate surface area is 121 Å². The lowest BCUT2D eigenvalue weighted by atomic mass is 10.1. The van der Waals surface area contributed by atoms with Crippen LogP contribution >= 0.6 is 0 Å². The number of carbonyl (C=O) groups excluding carboxylic acids is 1. The van der Waals surface area contributed by atoms with E-state index < -0.39 is 0 Å². The first kappa shape index (κ1) is 16.0. The first-order valence-electron chi connectivity index (χ1n) is 7.05. The summed E-state index contributed by atoms with van der Waals surface area (Å²) in [5.41, 5.74) is 4.14. The minimum atomic E-state index is -0.0284. The zero-order chi connectivity index (χ0) is 15.0. The van der Waals surface area contributed by atoms with Gasteiger partial charge in [0, 0.05) is 12.1 Å². The second-order valence-electron chi connectivity index (χ2n) is 4.54. The molecule has 0 saturated heterocycles.